The predicted molar refractivity (Wildman–Crippen MR) is 496 cm³/mol. The quantitative estimate of drug-likeness (QED) is 0.0341. The molecule has 18 atom stereocenters. The minimum atomic E-state index is -2.99. The molecule has 738 valence electrons. The van der Waals surface area contributed by atoms with Crippen LogP contribution in [0.1, 0.15) is 245 Å². The van der Waals surface area contributed by atoms with E-state index < -0.39 is 293 Å². The van der Waals surface area contributed by atoms with Crippen LogP contribution in [0.15, 0.2) is 113 Å². The third-order valence-electron chi connectivity index (χ3n) is 21.8. The minimum absolute atomic E-state index is 0.0205. The van der Waals surface area contributed by atoms with E-state index >= 15 is 0 Å². The number of carbonyl (C=O) groups excluding carboxylic acids is 9. The third kappa shape index (κ3) is 28.4. The lowest BCUT2D eigenvalue weighted by Gasteiger charge is -2.12. The van der Waals surface area contributed by atoms with Gasteiger partial charge in [0.1, 0.15) is 0 Å². The van der Waals surface area contributed by atoms with E-state index in [1.165, 1.54) is 73.9 Å². The molecule has 135 heavy (non-hydrogen) atoms. The van der Waals surface area contributed by atoms with Crippen LogP contribution in [0, 0.1) is 106 Å². The van der Waals surface area contributed by atoms with Gasteiger partial charge in [-0.15, -0.1) is 0 Å². The Morgan fingerprint density at radius 3 is 0.726 bits per heavy atom. The second-order valence-electron chi connectivity index (χ2n) is 30.3. The number of aromatic nitrogens is 18. The summed E-state index contributed by atoms with van der Waals surface area (Å²) in [6, 6.07) is 0. The van der Waals surface area contributed by atoms with Gasteiger partial charge in [-0.1, -0.05) is 62.3 Å². The van der Waals surface area contributed by atoms with Crippen LogP contribution in [-0.4, -0.2) is 199 Å². The van der Waals surface area contributed by atoms with Gasteiger partial charge >= 0.3 is 53.7 Å². The number of cyclic esters (lactones) is 9. The molecule has 0 amide bonds. The summed E-state index contributed by atoms with van der Waals surface area (Å²) >= 11 is 0. The molecule has 9 aliphatic heterocycles. The maximum absolute atomic E-state index is 12.0. The molecule has 0 unspecified atom stereocenters. The number of ether oxygens (including phenoxy) is 9. The van der Waals surface area contributed by atoms with Gasteiger partial charge in [0.2, 0.25) is 0 Å². The number of hydrogen-bond donors (Lipinski definition) is 0. The number of aryl methyl sites for hydroxylation is 9. The van der Waals surface area contributed by atoms with E-state index in [-0.39, 0.29) is 99.1 Å². The highest BCUT2D eigenvalue weighted by Gasteiger charge is 2.43. The number of rotatable bonds is 27. The van der Waals surface area contributed by atoms with E-state index in [0.29, 0.717) is 40.2 Å². The maximum Gasteiger partial charge on any atom is 0.309 e. The SMILES string of the molecule is [2H]C([2H])([2H])n1cncc1C[C@@]1([2H])C([2H])([2H])OC(=O)[C@@]1([2H])C([2H])([2H])C.[2H]C([2H])([2H])n1cncc1C[C@@]1([2H])C([2H])([2H])OC(=O)[C@@]1([2H])CC.[2H]C([2H])([2H])n1cncc1C[C@]1([2H])[C@H](CC)C(=O)OC1([2H])[2H].[2H]C1([2H])OC(=O)[C@@H](CC)[C@@]1([2H])Cc1cncn1C.[2H]C1([2H])OC(=O)[C@@H](CC)[C@H]1Cc1cncn1C([2H])([2H])[2H].[2H]C1([2H])OC(=O)[C@@]([2H])(C([2H])([2H])C)[C@@]1([2H])Cc1cncn1C.[2H]C1([2H])OC(=O)[C@@]([2H])(C([2H])([2H])C)[C@H]1Cc1cncn1C([2H])([2H])[2H].[2H]C1([2H])OC(=O)[C@@]([2H])(CC)[C@@]1([2H])Cc1cncn1C.[2H]C1([2H])OC(=O)[C@@]([2H])(CC)[C@H]1Cc1cncn1C([2H])([2H])[2H]. The summed E-state index contributed by atoms with van der Waals surface area (Å²) in [5, 5.41) is 0. The molecule has 18 rings (SSSR count). The zero-order chi connectivity index (χ0) is 145. The first-order chi connectivity index (χ1) is 85.2. The fraction of sp³-hybridized carbons (Fsp3) is 0.636. The molecule has 0 saturated carbocycles. The van der Waals surface area contributed by atoms with Crippen molar-refractivity contribution >= 4 is 53.7 Å². The van der Waals surface area contributed by atoms with Crippen molar-refractivity contribution < 1.29 is 160 Å². The molecule has 0 spiro atoms. The molecule has 0 radical (unpaired) electrons. The highest BCUT2D eigenvalue weighted by Crippen LogP contribution is 2.36. The zero-order valence-corrected chi connectivity index (χ0v) is 75.9. The predicted octanol–water partition coefficient (Wildman–Crippen LogP) is 10.5. The summed E-state index contributed by atoms with van der Waals surface area (Å²) in [4.78, 5) is 140. The Morgan fingerprint density at radius 2 is 0.452 bits per heavy atom. The Balaban J connectivity index is 0.000000212. The van der Waals surface area contributed by atoms with E-state index in [1.807, 2.05) is 0 Å². The molecule has 36 heteroatoms. The Hall–Kier alpha value is -11.9. The van der Waals surface area contributed by atoms with Crippen molar-refractivity contribution in [2.75, 3.05) is 59.0 Å². The highest BCUT2D eigenvalue weighted by atomic mass is 16.6. The third-order valence-corrected chi connectivity index (χ3v) is 21.8. The summed E-state index contributed by atoms with van der Waals surface area (Å²) in [6.45, 7) is -25.0. The van der Waals surface area contributed by atoms with Crippen LogP contribution in [0.2, 0.25) is 0 Å². The standard InChI is InChI=1S/9C11H16N2O2/c9*1-3-10-8(6-15-11(10)14)4-9-5-12-7-13(9)2/h9*5,7-8,10H,3-4,6H2,1-2H3/t9*8-,10-/m000000000/s1/i2D3,3D2,6D2,8D,10D;3D2,6D2,8D,10D;2D3,6D2,8D,10D;2D3,3D2,6D2,10D;6D2,8D,10D;2D3,6D2,10D;2D3,6D2,8D;6D2,8D;2D3,6D2. The van der Waals surface area contributed by atoms with Gasteiger partial charge in [-0.2, -0.15) is 0 Å². The van der Waals surface area contributed by atoms with Crippen LogP contribution >= 0.6 is 0 Å². The van der Waals surface area contributed by atoms with Crippen molar-refractivity contribution in [2.45, 2.75) is 178 Å². The van der Waals surface area contributed by atoms with Crippen LogP contribution in [0.3, 0.4) is 0 Å². The van der Waals surface area contributed by atoms with Crippen molar-refractivity contribution in [3.8, 4) is 0 Å². The maximum atomic E-state index is 12.0. The molecule has 9 fully saturated rings. The number of carbonyl (C=O) groups is 9. The van der Waals surface area contributed by atoms with Crippen LogP contribution in [0.25, 0.3) is 0 Å². The van der Waals surface area contributed by atoms with Crippen LogP contribution < -0.4 is 0 Å². The number of esters is 9. The van der Waals surface area contributed by atoms with E-state index in [1.54, 1.807) is 77.4 Å². The number of hydrogen-bond acceptors (Lipinski definition) is 27. The number of nitrogens with zero attached hydrogens (tertiary/aromatic N) is 18. The fourth-order valence-electron chi connectivity index (χ4n) is 14.1. The Morgan fingerprint density at radius 1 is 0.252 bits per heavy atom. The van der Waals surface area contributed by atoms with Gasteiger partial charge in [0, 0.05) is 272 Å². The van der Waals surface area contributed by atoms with Gasteiger partial charge in [-0.3, -0.25) is 43.2 Å². The van der Waals surface area contributed by atoms with E-state index in [2.05, 4.69) is 78.0 Å². The first kappa shape index (κ1) is 53.0. The van der Waals surface area contributed by atoms with Gasteiger partial charge in [0.05, 0.1) is 194 Å². The van der Waals surface area contributed by atoms with Crippen LogP contribution in [0.5, 0.6) is 0 Å². The first-order valence-corrected chi connectivity index (χ1v) is 42.3. The Bertz CT molecular complexity index is 7920. The molecule has 9 saturated heterocycles. The lowest BCUT2D eigenvalue weighted by atomic mass is 9.89. The second-order valence-corrected chi connectivity index (χ2v) is 30.3. The average Bonchev–Trinajstić information content (AvgIpc) is 1.53. The topological polar surface area (TPSA) is 397 Å². The Kier molecular flexibility index (Phi) is 20.3. The van der Waals surface area contributed by atoms with Crippen molar-refractivity contribution in [1.82, 2.24) is 86.0 Å². The van der Waals surface area contributed by atoms with Crippen molar-refractivity contribution in [2.24, 2.45) is 169 Å². The van der Waals surface area contributed by atoms with Crippen LogP contribution in [-0.2, 0) is 207 Å². The van der Waals surface area contributed by atoms with E-state index in [0.717, 1.165) is 81.4 Å². The summed E-state index contributed by atoms with van der Waals surface area (Å²) in [6.07, 6.45) is 14.3. The summed E-state index contributed by atoms with van der Waals surface area (Å²) in [5.74, 6) is -41.5. The van der Waals surface area contributed by atoms with Gasteiger partial charge in [0.25, 0.3) is 0 Å². The van der Waals surface area contributed by atoms with E-state index in [4.69, 9.17) is 83.5 Å². The van der Waals surface area contributed by atoms with Gasteiger partial charge in [-0.05, 0) is 115 Å². The molecule has 36 nitrogen and oxygen atoms in total. The normalized spacial score (nSPS) is 42.3. The molecule has 0 aromatic carbocycles. The molecule has 0 bridgehead atoms. The molecule has 0 aliphatic carbocycles. The summed E-state index contributed by atoms with van der Waals surface area (Å²) in [5.41, 5.74) is 2.47. The summed E-state index contributed by atoms with van der Waals surface area (Å²) < 4.78 is 472. The highest BCUT2D eigenvalue weighted by molar-refractivity contribution is 5.78. The van der Waals surface area contributed by atoms with E-state index in [9.17, 15) is 43.2 Å². The summed E-state index contributed by atoms with van der Waals surface area (Å²) in [7, 11) is 5.13. The second kappa shape index (κ2) is 51.7. The zero-order valence-electron chi connectivity index (χ0n) is 130. The Labute approximate surface area is 868 Å². The molecule has 9 aromatic heterocycles. The monoisotopic (exact) mass is 1930 g/mol. The molecule has 9 aliphatic rings. The van der Waals surface area contributed by atoms with Crippen molar-refractivity contribution in [3.63, 3.8) is 0 Å². The van der Waals surface area contributed by atoms with Gasteiger partial charge in [0.15, 0.2) is 0 Å². The molecule has 18 heterocycles. The first-order valence-electron chi connectivity index (χ1n) is 69.3. The molecular weight excluding hydrogens is 1730 g/mol. The number of imidazole rings is 9. The smallest absolute Gasteiger partial charge is 0.309 e. The fourth-order valence-corrected chi connectivity index (χ4v) is 14.1. The van der Waals surface area contributed by atoms with Crippen molar-refractivity contribution in [3.05, 3.63) is 164 Å². The lowest BCUT2D eigenvalue weighted by molar-refractivity contribution is -0.142. The molecular formula is C99H144N18O18. The lowest BCUT2D eigenvalue weighted by Crippen LogP contribution is -2.18. The van der Waals surface area contributed by atoms with Gasteiger partial charge in [-0.25, -0.2) is 44.9 Å². The minimum Gasteiger partial charge on any atom is -0.465 e. The van der Waals surface area contributed by atoms with Crippen LogP contribution in [0.4, 0.5) is 0 Å². The molecule has 9 aromatic rings. The average molecular weight is 1930 g/mol. The van der Waals surface area contributed by atoms with Crippen molar-refractivity contribution in [1.29, 1.82) is 0 Å². The van der Waals surface area contributed by atoms with Gasteiger partial charge < -0.3 is 83.7 Å². The largest absolute Gasteiger partial charge is 0.465 e. The molecule has 0 N–H and O–H groups in total.